The lowest BCUT2D eigenvalue weighted by Crippen LogP contribution is -2.53. The first-order chi connectivity index (χ1) is 10.1. The second kappa shape index (κ2) is 5.93. The lowest BCUT2D eigenvalue weighted by molar-refractivity contribution is -0.142. The van der Waals surface area contributed by atoms with Crippen molar-refractivity contribution < 1.29 is 14.3 Å². The van der Waals surface area contributed by atoms with Gasteiger partial charge < -0.3 is 9.64 Å². The van der Waals surface area contributed by atoms with E-state index < -0.39 is 0 Å². The van der Waals surface area contributed by atoms with Crippen LogP contribution in [0.4, 0.5) is 0 Å². The number of ether oxygens (including phenoxy) is 1. The molecule has 0 aromatic carbocycles. The third kappa shape index (κ3) is 2.92. The van der Waals surface area contributed by atoms with Crippen LogP contribution in [0.3, 0.4) is 0 Å². The standard InChI is InChI=1S/C15H25N3O3/c1-11-9-18(13-3-8-21-15(13)20)10-14(11)17-6-4-16(5-7-17)12(2)19/h11,13-14H,3-10H2,1-2H3/t11-,13-,14+/m0/s1. The Balaban J connectivity index is 1.57. The Hall–Kier alpha value is -1.14. The fraction of sp³-hybridized carbons (Fsp3) is 0.867. The number of amides is 1. The SMILES string of the molecule is CC(=O)N1CCN([C@@H]2CN([C@H]3CCOC3=O)C[C@@H]2C)CC1. The highest BCUT2D eigenvalue weighted by Gasteiger charge is 2.42. The highest BCUT2D eigenvalue weighted by Crippen LogP contribution is 2.27. The van der Waals surface area contributed by atoms with E-state index >= 15 is 0 Å². The highest BCUT2D eigenvalue weighted by atomic mass is 16.5. The lowest BCUT2D eigenvalue weighted by Gasteiger charge is -2.39. The van der Waals surface area contributed by atoms with Crippen LogP contribution in [0.25, 0.3) is 0 Å². The molecule has 0 bridgehead atoms. The van der Waals surface area contributed by atoms with E-state index in [2.05, 4.69) is 16.7 Å². The molecule has 3 rings (SSSR count). The first-order valence-electron chi connectivity index (χ1n) is 7.96. The second-order valence-electron chi connectivity index (χ2n) is 6.51. The molecule has 0 N–H and O–H groups in total. The Morgan fingerprint density at radius 1 is 1.14 bits per heavy atom. The molecule has 6 heteroatoms. The quantitative estimate of drug-likeness (QED) is 0.660. The van der Waals surface area contributed by atoms with Crippen LogP contribution < -0.4 is 0 Å². The van der Waals surface area contributed by atoms with Crippen LogP contribution in [0.2, 0.25) is 0 Å². The molecule has 21 heavy (non-hydrogen) atoms. The van der Waals surface area contributed by atoms with Gasteiger partial charge in [0.15, 0.2) is 0 Å². The van der Waals surface area contributed by atoms with E-state index in [0.717, 1.165) is 45.7 Å². The van der Waals surface area contributed by atoms with Crippen molar-refractivity contribution in [3.63, 3.8) is 0 Å². The number of hydrogen-bond donors (Lipinski definition) is 0. The first kappa shape index (κ1) is 14.8. The summed E-state index contributed by atoms with van der Waals surface area (Å²) in [5.41, 5.74) is 0. The van der Waals surface area contributed by atoms with Crippen LogP contribution in [0.5, 0.6) is 0 Å². The summed E-state index contributed by atoms with van der Waals surface area (Å²) in [6, 6.07) is 0.462. The highest BCUT2D eigenvalue weighted by molar-refractivity contribution is 5.77. The molecule has 0 radical (unpaired) electrons. The van der Waals surface area contributed by atoms with Gasteiger partial charge in [-0.2, -0.15) is 0 Å². The van der Waals surface area contributed by atoms with Crippen molar-refractivity contribution in [2.24, 2.45) is 5.92 Å². The maximum absolute atomic E-state index is 11.7. The van der Waals surface area contributed by atoms with E-state index in [9.17, 15) is 9.59 Å². The molecule has 0 aliphatic carbocycles. The van der Waals surface area contributed by atoms with Crippen LogP contribution in [0, 0.1) is 5.92 Å². The van der Waals surface area contributed by atoms with Gasteiger partial charge in [-0.15, -0.1) is 0 Å². The number of esters is 1. The van der Waals surface area contributed by atoms with Crippen LogP contribution in [-0.2, 0) is 14.3 Å². The molecule has 6 nitrogen and oxygen atoms in total. The van der Waals surface area contributed by atoms with E-state index in [1.54, 1.807) is 6.92 Å². The number of hydrogen-bond acceptors (Lipinski definition) is 5. The fourth-order valence-corrected chi connectivity index (χ4v) is 3.90. The van der Waals surface area contributed by atoms with E-state index in [-0.39, 0.29) is 17.9 Å². The zero-order valence-electron chi connectivity index (χ0n) is 13.0. The molecule has 3 fully saturated rings. The molecular weight excluding hydrogens is 270 g/mol. The minimum atomic E-state index is -0.0516. The minimum absolute atomic E-state index is 0.0315. The Bertz CT molecular complexity index is 420. The number of rotatable bonds is 2. The Morgan fingerprint density at radius 2 is 1.86 bits per heavy atom. The summed E-state index contributed by atoms with van der Waals surface area (Å²) in [6.45, 7) is 9.92. The van der Waals surface area contributed by atoms with Crippen molar-refractivity contribution in [1.82, 2.24) is 14.7 Å². The topological polar surface area (TPSA) is 53.1 Å². The zero-order valence-corrected chi connectivity index (χ0v) is 13.0. The predicted octanol–water partition coefficient (Wildman–Crippen LogP) is -0.214. The summed E-state index contributed by atoms with van der Waals surface area (Å²) in [7, 11) is 0. The Labute approximate surface area is 126 Å². The Morgan fingerprint density at radius 3 is 2.43 bits per heavy atom. The zero-order chi connectivity index (χ0) is 15.0. The maximum atomic E-state index is 11.7. The molecule has 0 saturated carbocycles. The van der Waals surface area contributed by atoms with Gasteiger partial charge >= 0.3 is 5.97 Å². The average molecular weight is 295 g/mol. The summed E-state index contributed by atoms with van der Waals surface area (Å²) in [5, 5.41) is 0. The van der Waals surface area contributed by atoms with Crippen molar-refractivity contribution in [2.45, 2.75) is 32.4 Å². The molecule has 3 aliphatic rings. The van der Waals surface area contributed by atoms with Crippen molar-refractivity contribution in [3.8, 4) is 0 Å². The maximum Gasteiger partial charge on any atom is 0.323 e. The molecule has 3 aliphatic heterocycles. The molecule has 0 aromatic rings. The minimum Gasteiger partial charge on any atom is -0.464 e. The normalized spacial score (nSPS) is 35.2. The Kier molecular flexibility index (Phi) is 4.17. The number of nitrogens with zero attached hydrogens (tertiary/aromatic N) is 3. The largest absolute Gasteiger partial charge is 0.464 e. The van der Waals surface area contributed by atoms with Gasteiger partial charge in [0, 0.05) is 58.7 Å². The molecule has 3 saturated heterocycles. The molecule has 0 spiro atoms. The smallest absolute Gasteiger partial charge is 0.323 e. The van der Waals surface area contributed by atoms with Gasteiger partial charge in [0.05, 0.1) is 6.61 Å². The molecular formula is C15H25N3O3. The third-order valence-corrected chi connectivity index (χ3v) is 5.18. The number of likely N-dealkylation sites (tertiary alicyclic amines) is 1. The van der Waals surface area contributed by atoms with E-state index in [1.807, 2.05) is 4.90 Å². The van der Waals surface area contributed by atoms with Crippen LogP contribution in [-0.4, -0.2) is 84.5 Å². The van der Waals surface area contributed by atoms with Crippen LogP contribution >= 0.6 is 0 Å². The monoisotopic (exact) mass is 295 g/mol. The molecule has 1 amide bonds. The first-order valence-corrected chi connectivity index (χ1v) is 7.96. The van der Waals surface area contributed by atoms with Crippen molar-refractivity contribution >= 4 is 11.9 Å². The van der Waals surface area contributed by atoms with E-state index in [1.165, 1.54) is 0 Å². The summed E-state index contributed by atoms with van der Waals surface area (Å²) in [4.78, 5) is 29.9. The van der Waals surface area contributed by atoms with Crippen molar-refractivity contribution in [1.29, 1.82) is 0 Å². The summed E-state index contributed by atoms with van der Waals surface area (Å²) in [6.07, 6.45) is 0.830. The molecule has 0 unspecified atom stereocenters. The van der Waals surface area contributed by atoms with Crippen molar-refractivity contribution in [2.75, 3.05) is 45.9 Å². The molecule has 3 atom stereocenters. The summed E-state index contributed by atoms with van der Waals surface area (Å²) in [5.74, 6) is 0.677. The number of carbonyl (C=O) groups excluding carboxylic acids is 2. The average Bonchev–Trinajstić information content (AvgIpc) is 3.05. The van der Waals surface area contributed by atoms with E-state index in [4.69, 9.17) is 4.74 Å². The number of carbonyl (C=O) groups is 2. The molecule has 118 valence electrons. The van der Waals surface area contributed by atoms with Crippen LogP contribution in [0.1, 0.15) is 20.3 Å². The lowest BCUT2D eigenvalue weighted by atomic mass is 10.0. The fourth-order valence-electron chi connectivity index (χ4n) is 3.90. The van der Waals surface area contributed by atoms with Gasteiger partial charge in [0.2, 0.25) is 5.91 Å². The van der Waals surface area contributed by atoms with Gasteiger partial charge in [-0.25, -0.2) is 0 Å². The third-order valence-electron chi connectivity index (χ3n) is 5.18. The van der Waals surface area contributed by atoms with Crippen LogP contribution in [0.15, 0.2) is 0 Å². The van der Waals surface area contributed by atoms with Crippen molar-refractivity contribution in [3.05, 3.63) is 0 Å². The van der Waals surface area contributed by atoms with Gasteiger partial charge in [0.25, 0.3) is 0 Å². The molecule has 0 aromatic heterocycles. The summed E-state index contributed by atoms with van der Waals surface area (Å²) < 4.78 is 5.10. The van der Waals surface area contributed by atoms with E-state index in [0.29, 0.717) is 18.6 Å². The van der Waals surface area contributed by atoms with Gasteiger partial charge in [0.1, 0.15) is 6.04 Å². The molecule has 3 heterocycles. The van der Waals surface area contributed by atoms with Gasteiger partial charge in [-0.1, -0.05) is 6.92 Å². The van der Waals surface area contributed by atoms with Gasteiger partial charge in [-0.05, 0) is 5.92 Å². The summed E-state index contributed by atoms with van der Waals surface area (Å²) >= 11 is 0. The predicted molar refractivity (Wildman–Crippen MR) is 77.7 cm³/mol. The second-order valence-corrected chi connectivity index (χ2v) is 6.51. The van der Waals surface area contributed by atoms with Gasteiger partial charge in [-0.3, -0.25) is 19.4 Å². The number of cyclic esters (lactones) is 1. The number of piperazine rings is 1.